The molecule has 1 heterocycles. The Morgan fingerprint density at radius 1 is 1.50 bits per heavy atom. The molecule has 0 bridgehead atoms. The van der Waals surface area contributed by atoms with Crippen molar-refractivity contribution in [1.29, 1.82) is 0 Å². The Balaban J connectivity index is 1.92. The molecular formula is C11H19N3. The number of nitrogens with one attached hydrogen (secondary N) is 1. The van der Waals surface area contributed by atoms with Gasteiger partial charge >= 0.3 is 0 Å². The van der Waals surface area contributed by atoms with Crippen molar-refractivity contribution >= 4 is 5.82 Å². The molecule has 2 rings (SSSR count). The van der Waals surface area contributed by atoms with Crippen LogP contribution in [-0.4, -0.2) is 15.8 Å². The third-order valence-electron chi connectivity index (χ3n) is 3.23. The molecule has 0 aliphatic heterocycles. The van der Waals surface area contributed by atoms with E-state index in [9.17, 15) is 0 Å². The highest BCUT2D eigenvalue weighted by Gasteiger charge is 2.33. The number of anilines is 1. The largest absolute Gasteiger partial charge is 0.366 e. The molecule has 1 aliphatic carbocycles. The summed E-state index contributed by atoms with van der Waals surface area (Å²) in [5, 5.41) is 7.83. The Morgan fingerprint density at radius 2 is 2.29 bits per heavy atom. The molecule has 0 aromatic carbocycles. The lowest BCUT2D eigenvalue weighted by Crippen LogP contribution is -2.41. The molecule has 0 radical (unpaired) electrons. The zero-order valence-electron chi connectivity index (χ0n) is 9.20. The van der Waals surface area contributed by atoms with Crippen molar-refractivity contribution in [1.82, 2.24) is 9.78 Å². The van der Waals surface area contributed by atoms with Crippen molar-refractivity contribution in [3.8, 4) is 0 Å². The molecule has 14 heavy (non-hydrogen) atoms. The molecule has 0 spiro atoms. The summed E-state index contributed by atoms with van der Waals surface area (Å²) in [7, 11) is 1.95. The molecule has 1 aliphatic rings. The molecule has 2 unspecified atom stereocenters. The molecule has 1 saturated carbocycles. The normalized spacial score (nSPS) is 26.3. The maximum absolute atomic E-state index is 4.33. The molecule has 3 heteroatoms. The van der Waals surface area contributed by atoms with Crippen molar-refractivity contribution in [3.05, 3.63) is 12.3 Å². The predicted octanol–water partition coefficient (Wildman–Crippen LogP) is 2.27. The second-order valence-electron chi connectivity index (χ2n) is 4.61. The zero-order chi connectivity index (χ0) is 10.1. The van der Waals surface area contributed by atoms with E-state index in [1.54, 1.807) is 0 Å². The van der Waals surface area contributed by atoms with E-state index >= 15 is 0 Å². The minimum Gasteiger partial charge on any atom is -0.366 e. The SMILES string of the molecule is CC(C)C1CCC1Nc1ccn(C)n1. The number of aryl methyl sites for hydroxylation is 1. The molecule has 2 atom stereocenters. The Morgan fingerprint density at radius 3 is 2.71 bits per heavy atom. The van der Waals surface area contributed by atoms with Gasteiger partial charge in [-0.1, -0.05) is 13.8 Å². The number of aromatic nitrogens is 2. The van der Waals surface area contributed by atoms with E-state index in [4.69, 9.17) is 0 Å². The first-order valence-corrected chi connectivity index (χ1v) is 5.43. The summed E-state index contributed by atoms with van der Waals surface area (Å²) in [5.74, 6) is 2.63. The minimum atomic E-state index is 0.643. The Kier molecular flexibility index (Phi) is 2.48. The minimum absolute atomic E-state index is 0.643. The van der Waals surface area contributed by atoms with Crippen LogP contribution in [0.5, 0.6) is 0 Å². The predicted molar refractivity (Wildman–Crippen MR) is 58.2 cm³/mol. The van der Waals surface area contributed by atoms with Gasteiger partial charge < -0.3 is 5.32 Å². The van der Waals surface area contributed by atoms with Crippen molar-refractivity contribution in [3.63, 3.8) is 0 Å². The van der Waals surface area contributed by atoms with E-state index < -0.39 is 0 Å². The van der Waals surface area contributed by atoms with Crippen LogP contribution in [0.3, 0.4) is 0 Å². The van der Waals surface area contributed by atoms with E-state index in [0.29, 0.717) is 6.04 Å². The van der Waals surface area contributed by atoms with Gasteiger partial charge in [0, 0.05) is 25.4 Å². The summed E-state index contributed by atoms with van der Waals surface area (Å²) >= 11 is 0. The van der Waals surface area contributed by atoms with Gasteiger partial charge in [0.15, 0.2) is 0 Å². The van der Waals surface area contributed by atoms with Gasteiger partial charge in [0.1, 0.15) is 5.82 Å². The molecule has 1 aromatic rings. The van der Waals surface area contributed by atoms with Crippen LogP contribution in [0.25, 0.3) is 0 Å². The topological polar surface area (TPSA) is 29.9 Å². The lowest BCUT2D eigenvalue weighted by Gasteiger charge is -2.40. The van der Waals surface area contributed by atoms with Crippen molar-refractivity contribution in [2.24, 2.45) is 18.9 Å². The molecule has 1 aromatic heterocycles. The third-order valence-corrected chi connectivity index (χ3v) is 3.23. The van der Waals surface area contributed by atoms with Gasteiger partial charge in [-0.05, 0) is 24.7 Å². The van der Waals surface area contributed by atoms with E-state index in [-0.39, 0.29) is 0 Å². The van der Waals surface area contributed by atoms with Crippen LogP contribution < -0.4 is 5.32 Å². The molecule has 78 valence electrons. The van der Waals surface area contributed by atoms with E-state index in [0.717, 1.165) is 17.7 Å². The van der Waals surface area contributed by atoms with Crippen molar-refractivity contribution in [2.75, 3.05) is 5.32 Å². The Hall–Kier alpha value is -0.990. The molecular weight excluding hydrogens is 174 g/mol. The number of rotatable bonds is 3. The van der Waals surface area contributed by atoms with Crippen LogP contribution in [0.15, 0.2) is 12.3 Å². The fourth-order valence-corrected chi connectivity index (χ4v) is 2.18. The lowest BCUT2D eigenvalue weighted by atomic mass is 9.73. The van der Waals surface area contributed by atoms with Gasteiger partial charge in [0.05, 0.1) is 0 Å². The monoisotopic (exact) mass is 193 g/mol. The second kappa shape index (κ2) is 3.64. The first-order chi connectivity index (χ1) is 6.66. The fraction of sp³-hybridized carbons (Fsp3) is 0.727. The molecule has 1 N–H and O–H groups in total. The summed E-state index contributed by atoms with van der Waals surface area (Å²) in [6.07, 6.45) is 4.63. The van der Waals surface area contributed by atoms with Crippen molar-refractivity contribution in [2.45, 2.75) is 32.7 Å². The summed E-state index contributed by atoms with van der Waals surface area (Å²) in [5.41, 5.74) is 0. The van der Waals surface area contributed by atoms with Gasteiger partial charge in [-0.25, -0.2) is 0 Å². The molecule has 0 amide bonds. The first-order valence-electron chi connectivity index (χ1n) is 5.43. The summed E-state index contributed by atoms with van der Waals surface area (Å²) in [4.78, 5) is 0. The first kappa shape index (κ1) is 9.56. The van der Waals surface area contributed by atoms with Crippen LogP contribution in [-0.2, 0) is 7.05 Å². The fourth-order valence-electron chi connectivity index (χ4n) is 2.18. The van der Waals surface area contributed by atoms with E-state index in [1.807, 2.05) is 24.0 Å². The quantitative estimate of drug-likeness (QED) is 0.798. The van der Waals surface area contributed by atoms with Crippen LogP contribution in [0.4, 0.5) is 5.82 Å². The molecule has 1 fully saturated rings. The maximum atomic E-state index is 4.33. The molecule has 3 nitrogen and oxygen atoms in total. The van der Waals surface area contributed by atoms with Crippen LogP contribution >= 0.6 is 0 Å². The van der Waals surface area contributed by atoms with Gasteiger partial charge in [0.2, 0.25) is 0 Å². The highest BCUT2D eigenvalue weighted by Crippen LogP contribution is 2.35. The highest BCUT2D eigenvalue weighted by molar-refractivity contribution is 5.34. The third kappa shape index (κ3) is 1.76. The maximum Gasteiger partial charge on any atom is 0.148 e. The lowest BCUT2D eigenvalue weighted by molar-refractivity contribution is 0.205. The van der Waals surface area contributed by atoms with Crippen LogP contribution in [0.2, 0.25) is 0 Å². The molecule has 0 saturated heterocycles. The van der Waals surface area contributed by atoms with Gasteiger partial charge in [-0.15, -0.1) is 0 Å². The van der Waals surface area contributed by atoms with Gasteiger partial charge in [0.25, 0.3) is 0 Å². The Bertz CT molecular complexity index is 303. The second-order valence-corrected chi connectivity index (χ2v) is 4.61. The average Bonchev–Trinajstić information content (AvgIpc) is 2.44. The smallest absolute Gasteiger partial charge is 0.148 e. The van der Waals surface area contributed by atoms with E-state index in [2.05, 4.69) is 24.3 Å². The summed E-state index contributed by atoms with van der Waals surface area (Å²) < 4.78 is 1.84. The standard InChI is InChI=1S/C11H19N3/c1-8(2)9-4-5-10(9)12-11-6-7-14(3)13-11/h6-10H,4-5H2,1-3H3,(H,12,13). The summed E-state index contributed by atoms with van der Waals surface area (Å²) in [6, 6.07) is 2.68. The Labute approximate surface area is 85.5 Å². The van der Waals surface area contributed by atoms with Crippen LogP contribution in [0.1, 0.15) is 26.7 Å². The average molecular weight is 193 g/mol. The van der Waals surface area contributed by atoms with Crippen molar-refractivity contribution < 1.29 is 0 Å². The van der Waals surface area contributed by atoms with Gasteiger partial charge in [-0.2, -0.15) is 5.10 Å². The number of hydrogen-bond donors (Lipinski definition) is 1. The number of hydrogen-bond acceptors (Lipinski definition) is 2. The number of nitrogens with zero attached hydrogens (tertiary/aromatic N) is 2. The highest BCUT2D eigenvalue weighted by atomic mass is 15.3. The van der Waals surface area contributed by atoms with Crippen LogP contribution in [0, 0.1) is 11.8 Å². The zero-order valence-corrected chi connectivity index (χ0v) is 9.20. The summed E-state index contributed by atoms with van der Waals surface area (Å²) in [6.45, 7) is 4.61. The van der Waals surface area contributed by atoms with E-state index in [1.165, 1.54) is 12.8 Å². The van der Waals surface area contributed by atoms with Gasteiger partial charge in [-0.3, -0.25) is 4.68 Å².